The zero-order valence-electron chi connectivity index (χ0n) is 7.66. The number of nitrogens with two attached hydrogens (primary N) is 1. The second-order valence-electron chi connectivity index (χ2n) is 3.62. The first kappa shape index (κ1) is 8.84. The summed E-state index contributed by atoms with van der Waals surface area (Å²) in [7, 11) is 0. The number of ether oxygens (including phenoxy) is 1. The Balaban J connectivity index is 2.77. The van der Waals surface area contributed by atoms with E-state index in [-0.39, 0.29) is 5.60 Å². The highest BCUT2D eigenvalue weighted by molar-refractivity contribution is 5.31. The van der Waals surface area contributed by atoms with E-state index in [0.717, 1.165) is 0 Å². The molecule has 0 aliphatic rings. The lowest BCUT2D eigenvalue weighted by Gasteiger charge is -2.20. The van der Waals surface area contributed by atoms with Gasteiger partial charge < -0.3 is 10.5 Å². The molecule has 0 amide bonds. The molecule has 66 valence electrons. The van der Waals surface area contributed by atoms with Crippen LogP contribution >= 0.6 is 0 Å². The minimum Gasteiger partial charge on any atom is -0.472 e. The van der Waals surface area contributed by atoms with Crippen molar-refractivity contribution < 1.29 is 4.74 Å². The van der Waals surface area contributed by atoms with Crippen molar-refractivity contribution in [3.63, 3.8) is 0 Å². The summed E-state index contributed by atoms with van der Waals surface area (Å²) in [4.78, 5) is 4.01. The van der Waals surface area contributed by atoms with Gasteiger partial charge in [-0.15, -0.1) is 0 Å². The molecular weight excluding hydrogens is 152 g/mol. The van der Waals surface area contributed by atoms with Crippen molar-refractivity contribution >= 4 is 5.82 Å². The Bertz CT molecular complexity index is 265. The normalized spacial score (nSPS) is 11.2. The Kier molecular flexibility index (Phi) is 2.22. The van der Waals surface area contributed by atoms with E-state index in [4.69, 9.17) is 10.5 Å². The van der Waals surface area contributed by atoms with Crippen LogP contribution in [0.5, 0.6) is 5.88 Å². The second-order valence-corrected chi connectivity index (χ2v) is 3.62. The molecule has 1 heterocycles. The molecule has 0 spiro atoms. The quantitative estimate of drug-likeness (QED) is 0.692. The molecule has 0 aliphatic heterocycles. The molecule has 0 fully saturated rings. The first-order valence-corrected chi connectivity index (χ1v) is 3.89. The van der Waals surface area contributed by atoms with Gasteiger partial charge in [0.25, 0.3) is 0 Å². The van der Waals surface area contributed by atoms with Crippen LogP contribution in [0.15, 0.2) is 18.2 Å². The van der Waals surface area contributed by atoms with Gasteiger partial charge in [0.05, 0.1) is 0 Å². The van der Waals surface area contributed by atoms with Crippen LogP contribution in [0.25, 0.3) is 0 Å². The summed E-state index contributed by atoms with van der Waals surface area (Å²) in [6.07, 6.45) is 0. The summed E-state index contributed by atoms with van der Waals surface area (Å²) < 4.78 is 5.49. The van der Waals surface area contributed by atoms with Gasteiger partial charge in [0.15, 0.2) is 0 Å². The average molecular weight is 166 g/mol. The zero-order valence-corrected chi connectivity index (χ0v) is 7.66. The summed E-state index contributed by atoms with van der Waals surface area (Å²) in [6.45, 7) is 5.91. The van der Waals surface area contributed by atoms with Crippen LogP contribution in [0, 0.1) is 0 Å². The van der Waals surface area contributed by atoms with Crippen LogP contribution < -0.4 is 10.5 Å². The SMILES string of the molecule is CC(C)(C)Oc1cccc(N)n1. The van der Waals surface area contributed by atoms with Crippen molar-refractivity contribution in [2.75, 3.05) is 5.73 Å². The van der Waals surface area contributed by atoms with Crippen LogP contribution in [0.4, 0.5) is 5.82 Å². The van der Waals surface area contributed by atoms with Crippen LogP contribution in [0.2, 0.25) is 0 Å². The van der Waals surface area contributed by atoms with Gasteiger partial charge >= 0.3 is 0 Å². The topological polar surface area (TPSA) is 48.1 Å². The highest BCUT2D eigenvalue weighted by Crippen LogP contribution is 2.15. The van der Waals surface area contributed by atoms with Crippen molar-refractivity contribution in [2.24, 2.45) is 0 Å². The maximum atomic E-state index is 5.49. The van der Waals surface area contributed by atoms with E-state index in [1.165, 1.54) is 0 Å². The van der Waals surface area contributed by atoms with Gasteiger partial charge in [0.1, 0.15) is 11.4 Å². The fourth-order valence-corrected chi connectivity index (χ4v) is 0.801. The Morgan fingerprint density at radius 3 is 2.50 bits per heavy atom. The minimum absolute atomic E-state index is 0.221. The van der Waals surface area contributed by atoms with Gasteiger partial charge in [-0.3, -0.25) is 0 Å². The van der Waals surface area contributed by atoms with Crippen molar-refractivity contribution in [2.45, 2.75) is 26.4 Å². The van der Waals surface area contributed by atoms with Crippen LogP contribution in [0.3, 0.4) is 0 Å². The third kappa shape index (κ3) is 2.78. The molecule has 0 saturated heterocycles. The van der Waals surface area contributed by atoms with Gasteiger partial charge in [-0.25, -0.2) is 0 Å². The summed E-state index contributed by atoms with van der Waals surface area (Å²) in [5, 5.41) is 0. The summed E-state index contributed by atoms with van der Waals surface area (Å²) in [5.74, 6) is 1.05. The van der Waals surface area contributed by atoms with Crippen molar-refractivity contribution in [3.05, 3.63) is 18.2 Å². The largest absolute Gasteiger partial charge is 0.472 e. The van der Waals surface area contributed by atoms with E-state index in [1.54, 1.807) is 12.1 Å². The van der Waals surface area contributed by atoms with E-state index in [0.29, 0.717) is 11.7 Å². The molecule has 2 N–H and O–H groups in total. The molecule has 0 saturated carbocycles. The second kappa shape index (κ2) is 3.01. The van der Waals surface area contributed by atoms with E-state index in [9.17, 15) is 0 Å². The van der Waals surface area contributed by atoms with Gasteiger partial charge in [-0.1, -0.05) is 6.07 Å². The van der Waals surface area contributed by atoms with E-state index < -0.39 is 0 Å². The number of hydrogen-bond acceptors (Lipinski definition) is 3. The fraction of sp³-hybridized carbons (Fsp3) is 0.444. The van der Waals surface area contributed by atoms with Crippen molar-refractivity contribution in [3.8, 4) is 5.88 Å². The molecule has 1 aromatic heterocycles. The number of rotatable bonds is 1. The molecule has 3 heteroatoms. The van der Waals surface area contributed by atoms with Crippen LogP contribution in [-0.2, 0) is 0 Å². The van der Waals surface area contributed by atoms with Gasteiger partial charge in [-0.05, 0) is 26.8 Å². The predicted molar refractivity (Wildman–Crippen MR) is 49.0 cm³/mol. The lowest BCUT2D eigenvalue weighted by atomic mass is 10.2. The number of hydrogen-bond donors (Lipinski definition) is 1. The maximum Gasteiger partial charge on any atom is 0.215 e. The standard InChI is InChI=1S/C9H14N2O/c1-9(2,3)12-8-6-4-5-7(10)11-8/h4-6H,1-3H3,(H2,10,11). The van der Waals surface area contributed by atoms with Gasteiger partial charge in [0.2, 0.25) is 5.88 Å². The smallest absolute Gasteiger partial charge is 0.215 e. The fourth-order valence-electron chi connectivity index (χ4n) is 0.801. The first-order valence-electron chi connectivity index (χ1n) is 3.89. The number of nitrogens with zero attached hydrogens (tertiary/aromatic N) is 1. The average Bonchev–Trinajstić information content (AvgIpc) is 1.82. The van der Waals surface area contributed by atoms with E-state index in [1.807, 2.05) is 26.8 Å². The van der Waals surface area contributed by atoms with E-state index in [2.05, 4.69) is 4.98 Å². The Morgan fingerprint density at radius 2 is 2.00 bits per heavy atom. The lowest BCUT2D eigenvalue weighted by molar-refractivity contribution is 0.124. The van der Waals surface area contributed by atoms with Crippen molar-refractivity contribution in [1.82, 2.24) is 4.98 Å². The lowest BCUT2D eigenvalue weighted by Crippen LogP contribution is -2.23. The number of nitrogen functional groups attached to an aromatic ring is 1. The zero-order chi connectivity index (χ0) is 9.19. The number of aromatic nitrogens is 1. The summed E-state index contributed by atoms with van der Waals surface area (Å²) in [6, 6.07) is 5.35. The minimum atomic E-state index is -0.221. The van der Waals surface area contributed by atoms with Crippen LogP contribution in [0.1, 0.15) is 20.8 Å². The maximum absolute atomic E-state index is 5.49. The van der Waals surface area contributed by atoms with Crippen LogP contribution in [-0.4, -0.2) is 10.6 Å². The molecule has 12 heavy (non-hydrogen) atoms. The van der Waals surface area contributed by atoms with Gasteiger partial charge in [0, 0.05) is 6.07 Å². The molecule has 1 rings (SSSR count). The Hall–Kier alpha value is -1.25. The Morgan fingerprint density at radius 1 is 1.33 bits per heavy atom. The highest BCUT2D eigenvalue weighted by Gasteiger charge is 2.11. The molecule has 0 unspecified atom stereocenters. The molecular formula is C9H14N2O. The molecule has 0 aliphatic carbocycles. The number of pyridine rings is 1. The monoisotopic (exact) mass is 166 g/mol. The van der Waals surface area contributed by atoms with E-state index >= 15 is 0 Å². The third-order valence-electron chi connectivity index (χ3n) is 1.16. The summed E-state index contributed by atoms with van der Waals surface area (Å²) >= 11 is 0. The highest BCUT2D eigenvalue weighted by atomic mass is 16.5. The summed E-state index contributed by atoms with van der Waals surface area (Å²) in [5.41, 5.74) is 5.26. The predicted octanol–water partition coefficient (Wildman–Crippen LogP) is 1.84. The first-order chi connectivity index (χ1) is 5.47. The van der Waals surface area contributed by atoms with Gasteiger partial charge in [-0.2, -0.15) is 4.98 Å². The molecule has 0 atom stereocenters. The molecule has 0 radical (unpaired) electrons. The molecule has 0 aromatic carbocycles. The molecule has 1 aromatic rings. The molecule has 3 nitrogen and oxygen atoms in total. The van der Waals surface area contributed by atoms with Crippen molar-refractivity contribution in [1.29, 1.82) is 0 Å². The Labute approximate surface area is 72.6 Å². The number of anilines is 1. The molecule has 0 bridgehead atoms. The third-order valence-corrected chi connectivity index (χ3v) is 1.16.